The highest BCUT2D eigenvalue weighted by molar-refractivity contribution is 9.10. The third kappa shape index (κ3) is 2.59. The molecule has 2 rings (SSSR count). The molecule has 0 bridgehead atoms. The zero-order valence-corrected chi connectivity index (χ0v) is 13.3. The van der Waals surface area contributed by atoms with Crippen molar-refractivity contribution in [2.24, 2.45) is 5.73 Å². The van der Waals surface area contributed by atoms with Gasteiger partial charge in [-0.3, -0.25) is 0 Å². The van der Waals surface area contributed by atoms with Gasteiger partial charge in [0.05, 0.1) is 23.9 Å². The fourth-order valence-electron chi connectivity index (χ4n) is 1.72. The van der Waals surface area contributed by atoms with E-state index in [4.69, 9.17) is 26.5 Å². The molecule has 0 spiro atoms. The van der Waals surface area contributed by atoms with E-state index < -0.39 is 0 Å². The summed E-state index contributed by atoms with van der Waals surface area (Å²) in [4.78, 5) is 0. The van der Waals surface area contributed by atoms with Crippen LogP contribution < -0.4 is 10.5 Å². The van der Waals surface area contributed by atoms with Gasteiger partial charge in [0, 0.05) is 16.1 Å². The van der Waals surface area contributed by atoms with E-state index >= 15 is 0 Å². The number of rotatable bonds is 3. The Morgan fingerprint density at radius 1 is 1.33 bits per heavy atom. The Morgan fingerprint density at radius 2 is 2.06 bits per heavy atom. The summed E-state index contributed by atoms with van der Waals surface area (Å²) in [6.07, 6.45) is 1.57. The molecule has 1 heterocycles. The molecule has 0 fully saturated rings. The number of methoxy groups -OCH3 is 1. The lowest BCUT2D eigenvalue weighted by atomic mass is 10.0. The number of ether oxygens (including phenoxy) is 1. The van der Waals surface area contributed by atoms with Gasteiger partial charge < -0.3 is 14.9 Å². The van der Waals surface area contributed by atoms with E-state index in [1.807, 2.05) is 6.07 Å². The lowest BCUT2D eigenvalue weighted by Gasteiger charge is -2.16. The largest absolute Gasteiger partial charge is 0.495 e. The highest BCUT2D eigenvalue weighted by Gasteiger charge is 2.20. The molecule has 1 atom stereocenters. The van der Waals surface area contributed by atoms with Crippen LogP contribution in [-0.2, 0) is 0 Å². The number of hydrogen-bond acceptors (Lipinski definition) is 3. The monoisotopic (exact) mass is 393 g/mol. The Hall–Kier alpha value is -0.490. The first kappa shape index (κ1) is 13.9. The first-order valence-electron chi connectivity index (χ1n) is 5.06. The van der Waals surface area contributed by atoms with Gasteiger partial charge in [0.15, 0.2) is 4.67 Å². The Bertz CT molecular complexity index is 571. The van der Waals surface area contributed by atoms with E-state index in [0.29, 0.717) is 15.4 Å². The van der Waals surface area contributed by atoms with Gasteiger partial charge in [0.1, 0.15) is 5.75 Å². The summed E-state index contributed by atoms with van der Waals surface area (Å²) >= 11 is 12.8. The maximum atomic E-state index is 6.23. The molecule has 0 aliphatic carbocycles. The average Bonchev–Trinajstić information content (AvgIpc) is 2.73. The first-order valence-corrected chi connectivity index (χ1v) is 7.02. The predicted octanol–water partition coefficient (Wildman–Crippen LogP) is 4.51. The summed E-state index contributed by atoms with van der Waals surface area (Å²) in [6.45, 7) is 0. The van der Waals surface area contributed by atoms with Crippen molar-refractivity contribution in [2.45, 2.75) is 6.04 Å². The van der Waals surface area contributed by atoms with Crippen molar-refractivity contribution in [3.63, 3.8) is 0 Å². The Kier molecular flexibility index (Phi) is 4.37. The van der Waals surface area contributed by atoms with E-state index in [2.05, 4.69) is 31.9 Å². The lowest BCUT2D eigenvalue weighted by Crippen LogP contribution is -2.13. The second-order valence-electron chi connectivity index (χ2n) is 3.64. The highest BCUT2D eigenvalue weighted by atomic mass is 79.9. The van der Waals surface area contributed by atoms with Crippen LogP contribution in [0.25, 0.3) is 0 Å². The van der Waals surface area contributed by atoms with E-state index in [1.54, 1.807) is 25.5 Å². The minimum Gasteiger partial charge on any atom is -0.495 e. The molecular weight excluding hydrogens is 385 g/mol. The molecule has 96 valence electrons. The third-order valence-corrected chi connectivity index (χ3v) is 4.01. The van der Waals surface area contributed by atoms with Gasteiger partial charge in [0.25, 0.3) is 0 Å². The van der Waals surface area contributed by atoms with Crippen molar-refractivity contribution in [1.29, 1.82) is 0 Å². The van der Waals surface area contributed by atoms with Crippen molar-refractivity contribution < 1.29 is 9.15 Å². The molecule has 18 heavy (non-hydrogen) atoms. The predicted molar refractivity (Wildman–Crippen MR) is 78.1 cm³/mol. The normalized spacial score (nSPS) is 12.5. The number of furan rings is 1. The molecule has 3 nitrogen and oxygen atoms in total. The van der Waals surface area contributed by atoms with E-state index in [-0.39, 0.29) is 6.04 Å². The van der Waals surface area contributed by atoms with E-state index in [9.17, 15) is 0 Å². The third-order valence-electron chi connectivity index (χ3n) is 2.56. The molecule has 1 unspecified atom stereocenters. The summed E-state index contributed by atoms with van der Waals surface area (Å²) in [5.74, 6) is 0.667. The van der Waals surface area contributed by atoms with Crippen LogP contribution in [0.4, 0.5) is 0 Å². The highest BCUT2D eigenvalue weighted by Crippen LogP contribution is 2.39. The van der Waals surface area contributed by atoms with Crippen LogP contribution in [0, 0.1) is 0 Å². The van der Waals surface area contributed by atoms with Gasteiger partial charge in [-0.05, 0) is 50.1 Å². The van der Waals surface area contributed by atoms with Crippen molar-refractivity contribution in [1.82, 2.24) is 0 Å². The molecule has 0 saturated heterocycles. The number of halogens is 3. The molecule has 2 aromatic rings. The fraction of sp³-hybridized carbons (Fsp3) is 0.167. The Morgan fingerprint density at radius 3 is 2.61 bits per heavy atom. The quantitative estimate of drug-likeness (QED) is 0.832. The first-order chi connectivity index (χ1) is 8.54. The van der Waals surface area contributed by atoms with Gasteiger partial charge in [-0.25, -0.2) is 0 Å². The second-order valence-corrected chi connectivity index (χ2v) is 5.65. The van der Waals surface area contributed by atoms with Gasteiger partial charge in [-0.1, -0.05) is 11.6 Å². The van der Waals surface area contributed by atoms with Gasteiger partial charge >= 0.3 is 0 Å². The van der Waals surface area contributed by atoms with Crippen molar-refractivity contribution in [3.8, 4) is 5.75 Å². The topological polar surface area (TPSA) is 48.4 Å². The number of hydrogen-bond donors (Lipinski definition) is 1. The molecule has 6 heteroatoms. The molecule has 1 aromatic heterocycles. The van der Waals surface area contributed by atoms with Crippen molar-refractivity contribution in [2.75, 3.05) is 7.11 Å². The fourth-order valence-corrected chi connectivity index (χ4v) is 3.20. The molecule has 0 saturated carbocycles. The smallest absolute Gasteiger partial charge is 0.174 e. The van der Waals surface area contributed by atoms with Gasteiger partial charge in [-0.15, -0.1) is 0 Å². The average molecular weight is 395 g/mol. The van der Waals surface area contributed by atoms with Crippen molar-refractivity contribution >= 4 is 43.5 Å². The van der Waals surface area contributed by atoms with Crippen LogP contribution in [0.3, 0.4) is 0 Å². The van der Waals surface area contributed by atoms with Crippen LogP contribution in [-0.4, -0.2) is 7.11 Å². The molecule has 0 aliphatic heterocycles. The zero-order chi connectivity index (χ0) is 13.3. The maximum absolute atomic E-state index is 6.23. The van der Waals surface area contributed by atoms with Gasteiger partial charge in [-0.2, -0.15) is 0 Å². The minimum atomic E-state index is -0.386. The van der Waals surface area contributed by atoms with Crippen LogP contribution in [0.2, 0.25) is 5.02 Å². The molecule has 0 radical (unpaired) electrons. The molecule has 1 aromatic carbocycles. The minimum absolute atomic E-state index is 0.386. The molecule has 0 aliphatic rings. The number of benzene rings is 1. The van der Waals surface area contributed by atoms with Crippen molar-refractivity contribution in [3.05, 3.63) is 49.8 Å². The van der Waals surface area contributed by atoms with E-state index in [0.717, 1.165) is 15.6 Å². The summed E-state index contributed by atoms with van der Waals surface area (Å²) in [5.41, 5.74) is 7.85. The van der Waals surface area contributed by atoms with Crippen LogP contribution in [0.1, 0.15) is 17.2 Å². The number of nitrogens with two attached hydrogens (primary N) is 1. The lowest BCUT2D eigenvalue weighted by molar-refractivity contribution is 0.405. The van der Waals surface area contributed by atoms with Crippen LogP contribution in [0.15, 0.2) is 38.0 Å². The Balaban J connectivity index is 2.54. The van der Waals surface area contributed by atoms with E-state index in [1.165, 1.54) is 0 Å². The van der Waals surface area contributed by atoms with Crippen LogP contribution >= 0.6 is 43.5 Å². The van der Waals surface area contributed by atoms with Crippen LogP contribution in [0.5, 0.6) is 5.75 Å². The maximum Gasteiger partial charge on any atom is 0.174 e. The summed E-state index contributed by atoms with van der Waals surface area (Å²) in [7, 11) is 1.59. The molecular formula is C12H10Br2ClNO2. The zero-order valence-electron chi connectivity index (χ0n) is 9.41. The summed E-state index contributed by atoms with van der Waals surface area (Å²) in [5, 5.41) is 0.591. The standard InChI is InChI=1S/C12H10Br2ClNO2/c1-17-11-8(4-6(15)5-9(11)13)10(16)7-2-3-18-12(7)14/h2-5,10H,16H2,1H3. The SMILES string of the molecule is COc1c(Br)cc(Cl)cc1C(N)c1ccoc1Br. The Labute approximate surface area is 127 Å². The molecule has 2 N–H and O–H groups in total. The summed E-state index contributed by atoms with van der Waals surface area (Å²) < 4.78 is 11.9. The molecule has 0 amide bonds. The van der Waals surface area contributed by atoms with Gasteiger partial charge in [0.2, 0.25) is 0 Å². The second kappa shape index (κ2) is 5.65. The summed E-state index contributed by atoms with van der Waals surface area (Å²) in [6, 6.07) is 4.97.